The molecule has 47 heavy (non-hydrogen) atoms. The van der Waals surface area contributed by atoms with Gasteiger partial charge in [-0.2, -0.15) is 4.68 Å². The summed E-state index contributed by atoms with van der Waals surface area (Å²) in [6, 6.07) is 12.4. The van der Waals surface area contributed by atoms with Crippen LogP contribution in [0.15, 0.2) is 71.9 Å². The fourth-order valence-corrected chi connectivity index (χ4v) is 5.50. The average molecular weight is 642 g/mol. The highest BCUT2D eigenvalue weighted by Gasteiger charge is 2.20. The normalized spacial score (nSPS) is 13.9. The van der Waals surface area contributed by atoms with Gasteiger partial charge in [-0.1, -0.05) is 6.92 Å². The zero-order chi connectivity index (χ0) is 32.9. The smallest absolute Gasteiger partial charge is 0.350 e. The number of rotatable bonds is 11. The van der Waals surface area contributed by atoms with Crippen LogP contribution in [0.2, 0.25) is 0 Å². The van der Waals surface area contributed by atoms with Crippen LogP contribution in [0.3, 0.4) is 0 Å². The fraction of sp³-hybridized carbons (Fsp3) is 0.324. The number of ether oxygens (including phenoxy) is 3. The zero-order valence-electron chi connectivity index (χ0n) is 26.5. The maximum absolute atomic E-state index is 15.3. The molecule has 2 aromatic carbocycles. The Morgan fingerprint density at radius 3 is 2.53 bits per heavy atom. The highest BCUT2D eigenvalue weighted by Crippen LogP contribution is 2.38. The maximum Gasteiger partial charge on any atom is 0.350 e. The van der Waals surface area contributed by atoms with E-state index in [0.717, 1.165) is 47.3 Å². The van der Waals surface area contributed by atoms with Crippen molar-refractivity contribution < 1.29 is 23.4 Å². The van der Waals surface area contributed by atoms with Gasteiger partial charge in [0.25, 0.3) is 5.91 Å². The summed E-state index contributed by atoms with van der Waals surface area (Å²) in [6.45, 7) is 6.10. The van der Waals surface area contributed by atoms with Gasteiger partial charge in [0.05, 0.1) is 24.9 Å². The number of piperidine rings is 1. The third-order valence-electron chi connectivity index (χ3n) is 8.24. The summed E-state index contributed by atoms with van der Waals surface area (Å²) in [5.74, 6) is 0.658. The number of hydrogen-bond acceptors (Lipinski definition) is 9. The molecular formula is C34H36FN7O5. The lowest BCUT2D eigenvalue weighted by Gasteiger charge is -2.30. The predicted molar refractivity (Wildman–Crippen MR) is 174 cm³/mol. The number of amides is 1. The first-order valence-electron chi connectivity index (χ1n) is 15.5. The van der Waals surface area contributed by atoms with Gasteiger partial charge in [0.1, 0.15) is 5.75 Å². The molecule has 0 radical (unpaired) electrons. The van der Waals surface area contributed by atoms with Crippen LogP contribution in [0.4, 0.5) is 10.1 Å². The molecule has 1 amide bonds. The molecule has 0 spiro atoms. The molecule has 0 unspecified atom stereocenters. The molecular weight excluding hydrogens is 605 g/mol. The lowest BCUT2D eigenvalue weighted by atomic mass is 9.99. The molecule has 0 aliphatic carbocycles. The standard InChI is InChI=1S/C34H36FN7O5/c1-22-10-16-41(17-11-22)15-4-18-46-31-21-27-25(20-30(31)45-3)28(9-14-37-27)47-29-6-5-23(19-26(29)35)38-33(43)32-39-42(34(44)40(32)2)24-7-12-36-13-8-24/h5-9,12-14,19-22H,4,10-11,15-18H2,1-3H3,(H,38,43). The molecule has 3 aromatic heterocycles. The highest BCUT2D eigenvalue weighted by atomic mass is 19.1. The Kier molecular flexibility index (Phi) is 9.43. The first-order chi connectivity index (χ1) is 22.8. The van der Waals surface area contributed by atoms with Crippen LogP contribution in [-0.2, 0) is 7.05 Å². The van der Waals surface area contributed by atoms with Gasteiger partial charge in [-0.05, 0) is 74.7 Å². The Bertz CT molecular complexity index is 1940. The number of hydrogen-bond donors (Lipinski definition) is 1. The van der Waals surface area contributed by atoms with E-state index in [-0.39, 0.29) is 17.3 Å². The van der Waals surface area contributed by atoms with E-state index in [4.69, 9.17) is 14.2 Å². The molecule has 1 fully saturated rings. The second kappa shape index (κ2) is 14.0. The van der Waals surface area contributed by atoms with E-state index in [2.05, 4.69) is 32.2 Å². The number of pyridine rings is 2. The lowest BCUT2D eigenvalue weighted by molar-refractivity contribution is 0.101. The summed E-state index contributed by atoms with van der Waals surface area (Å²) in [5.41, 5.74) is 0.696. The molecule has 13 heteroatoms. The number of nitrogens with zero attached hydrogens (tertiary/aromatic N) is 6. The van der Waals surface area contributed by atoms with Crippen LogP contribution in [0.25, 0.3) is 16.6 Å². The van der Waals surface area contributed by atoms with Gasteiger partial charge >= 0.3 is 5.69 Å². The first kappa shape index (κ1) is 31.7. The number of likely N-dealkylation sites (tertiary alicyclic amines) is 1. The summed E-state index contributed by atoms with van der Waals surface area (Å²) in [5, 5.41) is 7.35. The number of carbonyl (C=O) groups excluding carboxylic acids is 1. The Labute approximate surface area is 270 Å². The summed E-state index contributed by atoms with van der Waals surface area (Å²) in [4.78, 5) is 36.5. The minimum Gasteiger partial charge on any atom is -0.493 e. The monoisotopic (exact) mass is 641 g/mol. The van der Waals surface area contributed by atoms with Crippen LogP contribution in [0.5, 0.6) is 23.0 Å². The van der Waals surface area contributed by atoms with E-state index in [9.17, 15) is 9.59 Å². The van der Waals surface area contributed by atoms with Crippen LogP contribution in [-0.4, -0.2) is 68.5 Å². The molecule has 244 valence electrons. The van der Waals surface area contributed by atoms with Gasteiger partial charge in [-0.25, -0.2) is 9.18 Å². The Morgan fingerprint density at radius 2 is 1.79 bits per heavy atom. The molecule has 4 heterocycles. The Balaban J connectivity index is 1.13. The molecule has 12 nitrogen and oxygen atoms in total. The summed E-state index contributed by atoms with van der Waals surface area (Å²) in [6.07, 6.45) is 7.98. The molecule has 1 aliphatic rings. The molecule has 5 aromatic rings. The zero-order valence-corrected chi connectivity index (χ0v) is 26.5. The molecule has 1 N–H and O–H groups in total. The third kappa shape index (κ3) is 7.09. The van der Waals surface area contributed by atoms with Gasteiger partial charge in [0.15, 0.2) is 23.1 Å². The number of carbonyl (C=O) groups is 1. The molecule has 0 saturated carbocycles. The number of nitrogens with one attached hydrogen (secondary N) is 1. The van der Waals surface area contributed by atoms with Gasteiger partial charge in [0.2, 0.25) is 5.82 Å². The summed E-state index contributed by atoms with van der Waals surface area (Å²) in [7, 11) is 2.99. The number of fused-ring (bicyclic) bond motifs is 1. The Morgan fingerprint density at radius 1 is 1.00 bits per heavy atom. The minimum absolute atomic E-state index is 0.0590. The second-order valence-electron chi connectivity index (χ2n) is 11.5. The van der Waals surface area contributed by atoms with Gasteiger partial charge < -0.3 is 24.4 Å². The molecule has 6 rings (SSSR count). The van der Waals surface area contributed by atoms with E-state index in [1.54, 1.807) is 43.6 Å². The average Bonchev–Trinajstić information content (AvgIpc) is 3.38. The highest BCUT2D eigenvalue weighted by molar-refractivity contribution is 6.01. The largest absolute Gasteiger partial charge is 0.493 e. The summed E-state index contributed by atoms with van der Waals surface area (Å²) < 4.78 is 35.1. The second-order valence-corrected chi connectivity index (χ2v) is 11.5. The number of halogens is 1. The van der Waals surface area contributed by atoms with Gasteiger partial charge in [0, 0.05) is 55.4 Å². The van der Waals surface area contributed by atoms with Crippen molar-refractivity contribution in [3.8, 4) is 28.7 Å². The van der Waals surface area contributed by atoms with Crippen LogP contribution in [0.1, 0.15) is 36.8 Å². The van der Waals surface area contributed by atoms with Crippen LogP contribution >= 0.6 is 0 Å². The molecule has 0 bridgehead atoms. The number of methoxy groups -OCH3 is 1. The van der Waals surface area contributed by atoms with Crippen molar-refractivity contribution in [2.45, 2.75) is 26.2 Å². The molecule has 1 aliphatic heterocycles. The van der Waals surface area contributed by atoms with E-state index in [1.807, 2.05) is 0 Å². The quantitative estimate of drug-likeness (QED) is 0.194. The van der Waals surface area contributed by atoms with Crippen LogP contribution < -0.4 is 25.2 Å². The number of aromatic nitrogens is 5. The van der Waals surface area contributed by atoms with Crippen molar-refractivity contribution in [1.29, 1.82) is 0 Å². The maximum atomic E-state index is 15.3. The van der Waals surface area contributed by atoms with E-state index in [1.165, 1.54) is 44.4 Å². The minimum atomic E-state index is -0.709. The fourth-order valence-electron chi connectivity index (χ4n) is 5.50. The van der Waals surface area contributed by atoms with Gasteiger partial charge in [-0.15, -0.1) is 5.10 Å². The number of benzene rings is 2. The van der Waals surface area contributed by atoms with Crippen molar-refractivity contribution in [3.63, 3.8) is 0 Å². The molecule has 1 saturated heterocycles. The lowest BCUT2D eigenvalue weighted by Crippen LogP contribution is -2.34. The van der Waals surface area contributed by atoms with E-state index in [0.29, 0.717) is 40.4 Å². The van der Waals surface area contributed by atoms with Crippen molar-refractivity contribution in [2.24, 2.45) is 13.0 Å². The summed E-state index contributed by atoms with van der Waals surface area (Å²) >= 11 is 0. The molecule has 0 atom stereocenters. The van der Waals surface area contributed by atoms with Crippen molar-refractivity contribution >= 4 is 22.5 Å². The Hall–Kier alpha value is -5.30. The van der Waals surface area contributed by atoms with E-state index >= 15 is 4.39 Å². The van der Waals surface area contributed by atoms with E-state index < -0.39 is 17.4 Å². The first-order valence-corrected chi connectivity index (χ1v) is 15.5. The predicted octanol–water partition coefficient (Wildman–Crippen LogP) is 5.21. The SMILES string of the molecule is COc1cc2c(Oc3ccc(NC(=O)c4nn(-c5ccncc5)c(=O)n4C)cc3F)ccnc2cc1OCCCN1CCC(C)CC1. The number of anilines is 1. The van der Waals surface area contributed by atoms with Crippen molar-refractivity contribution in [1.82, 2.24) is 29.2 Å². The van der Waals surface area contributed by atoms with Crippen molar-refractivity contribution in [2.75, 3.05) is 38.7 Å². The van der Waals surface area contributed by atoms with Crippen molar-refractivity contribution in [3.05, 3.63) is 89.2 Å². The van der Waals surface area contributed by atoms with Gasteiger partial charge in [-0.3, -0.25) is 19.3 Å². The topological polar surface area (TPSA) is 126 Å². The van der Waals surface area contributed by atoms with Crippen LogP contribution in [0, 0.1) is 11.7 Å². The third-order valence-corrected chi connectivity index (χ3v) is 8.24.